The quantitative estimate of drug-likeness (QED) is 0.283. The molecule has 0 heterocycles. The van der Waals surface area contributed by atoms with Crippen LogP contribution in [0.1, 0.15) is 33.6 Å². The Bertz CT molecular complexity index is 588. The molecule has 9 nitrogen and oxygen atoms in total. The van der Waals surface area contributed by atoms with Gasteiger partial charge in [-0.25, -0.2) is 14.4 Å². The molecule has 0 aromatic carbocycles. The number of hydrogen-bond donors (Lipinski definition) is 3. The monoisotopic (exact) mass is 372 g/mol. The fraction of sp³-hybridized carbons (Fsp3) is 0.471. The van der Waals surface area contributed by atoms with Gasteiger partial charge in [0.25, 0.3) is 0 Å². The van der Waals surface area contributed by atoms with Crippen LogP contribution in [-0.2, 0) is 28.6 Å². The van der Waals surface area contributed by atoms with Crippen LogP contribution in [-0.4, -0.2) is 51.6 Å². The third kappa shape index (κ3) is 6.10. The van der Waals surface area contributed by atoms with Gasteiger partial charge in [0.2, 0.25) is 0 Å². The highest BCUT2D eigenvalue weighted by molar-refractivity contribution is 5.89. The van der Waals surface area contributed by atoms with Gasteiger partial charge >= 0.3 is 29.7 Å². The standard InChI is InChI=1S/C17H24O9/c1-10(2)13(19)24-16(8-7-9-18,25-14(20)11(3)4)17(22,23)26-15(21)12(5)6/h18,22-23H,1,3,5,7-9H2,2,4,6H3. The average molecular weight is 372 g/mol. The molecule has 0 aromatic heterocycles. The predicted octanol–water partition coefficient (Wildman–Crippen LogP) is 0.452. The first-order valence-electron chi connectivity index (χ1n) is 7.51. The Hall–Kier alpha value is -2.49. The Balaban J connectivity index is 6.17. The molecule has 0 saturated carbocycles. The Labute approximate surface area is 151 Å². The van der Waals surface area contributed by atoms with Crippen LogP contribution in [0.15, 0.2) is 36.5 Å². The second-order valence-corrected chi connectivity index (χ2v) is 5.70. The summed E-state index contributed by atoms with van der Waals surface area (Å²) in [6, 6.07) is 0. The molecule has 9 heteroatoms. The Morgan fingerprint density at radius 1 is 0.808 bits per heavy atom. The smallest absolute Gasteiger partial charge is 0.406 e. The molecule has 0 aliphatic rings. The summed E-state index contributed by atoms with van der Waals surface area (Å²) in [5.41, 5.74) is -0.524. The fourth-order valence-electron chi connectivity index (χ4n) is 1.50. The predicted molar refractivity (Wildman–Crippen MR) is 88.9 cm³/mol. The van der Waals surface area contributed by atoms with Crippen molar-refractivity contribution in [1.29, 1.82) is 0 Å². The molecule has 0 aliphatic carbocycles. The first-order chi connectivity index (χ1) is 11.8. The van der Waals surface area contributed by atoms with Gasteiger partial charge in [0.05, 0.1) is 0 Å². The SMILES string of the molecule is C=C(C)C(=O)OC(O)(O)C(CCCO)(OC(=O)C(=C)C)OC(=O)C(=C)C. The number of carbonyl (C=O) groups is 3. The van der Waals surface area contributed by atoms with Gasteiger partial charge in [-0.2, -0.15) is 0 Å². The van der Waals surface area contributed by atoms with Gasteiger partial charge in [-0.3, -0.25) is 0 Å². The maximum absolute atomic E-state index is 12.0. The third-order valence-corrected chi connectivity index (χ3v) is 2.96. The number of aliphatic hydroxyl groups excluding tert-OH is 1. The maximum Gasteiger partial charge on any atom is 0.406 e. The molecule has 0 aromatic rings. The van der Waals surface area contributed by atoms with Crippen LogP contribution in [0.2, 0.25) is 0 Å². The second kappa shape index (κ2) is 9.27. The van der Waals surface area contributed by atoms with E-state index in [1.54, 1.807) is 0 Å². The normalized spacial score (nSPS) is 11.3. The molecule has 146 valence electrons. The molecular weight excluding hydrogens is 348 g/mol. The number of ether oxygens (including phenoxy) is 3. The summed E-state index contributed by atoms with van der Waals surface area (Å²) in [5, 5.41) is 29.7. The first kappa shape index (κ1) is 23.5. The van der Waals surface area contributed by atoms with Crippen LogP contribution in [0.4, 0.5) is 0 Å². The average Bonchev–Trinajstić information content (AvgIpc) is 2.51. The Morgan fingerprint density at radius 3 is 1.46 bits per heavy atom. The molecule has 0 fully saturated rings. The summed E-state index contributed by atoms with van der Waals surface area (Å²) in [4.78, 5) is 35.6. The van der Waals surface area contributed by atoms with Crippen LogP contribution in [0.5, 0.6) is 0 Å². The largest absolute Gasteiger partial charge is 0.410 e. The minimum absolute atomic E-state index is 0.160. The number of hydrogen-bond acceptors (Lipinski definition) is 9. The lowest BCUT2D eigenvalue weighted by molar-refractivity contribution is -0.443. The highest BCUT2D eigenvalue weighted by atomic mass is 16.9. The molecule has 0 bridgehead atoms. The van der Waals surface area contributed by atoms with E-state index in [-0.39, 0.29) is 23.1 Å². The maximum atomic E-state index is 12.0. The van der Waals surface area contributed by atoms with Gasteiger partial charge in [0.1, 0.15) is 0 Å². The lowest BCUT2D eigenvalue weighted by Crippen LogP contribution is -2.62. The van der Waals surface area contributed by atoms with Crippen molar-refractivity contribution >= 4 is 17.9 Å². The van der Waals surface area contributed by atoms with E-state index >= 15 is 0 Å². The third-order valence-electron chi connectivity index (χ3n) is 2.96. The lowest BCUT2D eigenvalue weighted by Gasteiger charge is -2.39. The number of esters is 3. The van der Waals surface area contributed by atoms with E-state index in [0.29, 0.717) is 0 Å². The van der Waals surface area contributed by atoms with Gasteiger partial charge in [-0.1, -0.05) is 19.7 Å². The van der Waals surface area contributed by atoms with Gasteiger partial charge in [0, 0.05) is 29.7 Å². The minimum Gasteiger partial charge on any atom is -0.410 e. The molecule has 0 spiro atoms. The summed E-state index contributed by atoms with van der Waals surface area (Å²) in [6.45, 7) is 13.2. The zero-order chi connectivity index (χ0) is 20.7. The molecule has 0 aliphatic heterocycles. The van der Waals surface area contributed by atoms with Crippen molar-refractivity contribution in [2.75, 3.05) is 6.61 Å². The molecule has 26 heavy (non-hydrogen) atoms. The Kier molecular flexibility index (Phi) is 8.39. The summed E-state index contributed by atoms with van der Waals surface area (Å²) in [7, 11) is 0. The van der Waals surface area contributed by atoms with Crippen LogP contribution in [0.25, 0.3) is 0 Å². The van der Waals surface area contributed by atoms with Gasteiger partial charge < -0.3 is 29.5 Å². The minimum atomic E-state index is -3.59. The van der Waals surface area contributed by atoms with E-state index in [9.17, 15) is 24.6 Å². The molecule has 0 amide bonds. The number of rotatable bonds is 10. The van der Waals surface area contributed by atoms with Gasteiger partial charge in [-0.15, -0.1) is 0 Å². The fourth-order valence-corrected chi connectivity index (χ4v) is 1.50. The topological polar surface area (TPSA) is 140 Å². The molecule has 0 rings (SSSR count). The zero-order valence-corrected chi connectivity index (χ0v) is 15.0. The van der Waals surface area contributed by atoms with E-state index in [0.717, 1.165) is 0 Å². The van der Waals surface area contributed by atoms with E-state index in [2.05, 4.69) is 24.5 Å². The van der Waals surface area contributed by atoms with E-state index in [1.807, 2.05) is 0 Å². The van der Waals surface area contributed by atoms with E-state index < -0.39 is 42.7 Å². The highest BCUT2D eigenvalue weighted by Crippen LogP contribution is 2.34. The molecule has 0 unspecified atom stereocenters. The zero-order valence-electron chi connectivity index (χ0n) is 15.0. The van der Waals surface area contributed by atoms with Crippen LogP contribution in [0, 0.1) is 0 Å². The summed E-state index contributed by atoms with van der Waals surface area (Å²) >= 11 is 0. The Morgan fingerprint density at radius 2 is 1.15 bits per heavy atom. The van der Waals surface area contributed by atoms with Crippen molar-refractivity contribution < 1.29 is 43.9 Å². The van der Waals surface area contributed by atoms with Crippen LogP contribution in [0.3, 0.4) is 0 Å². The van der Waals surface area contributed by atoms with Crippen LogP contribution >= 0.6 is 0 Å². The summed E-state index contributed by atoms with van der Waals surface area (Å²) in [5.74, 6) is -10.0. The van der Waals surface area contributed by atoms with Gasteiger partial charge in [0.15, 0.2) is 0 Å². The van der Waals surface area contributed by atoms with Crippen molar-refractivity contribution in [3.05, 3.63) is 36.5 Å². The second-order valence-electron chi connectivity index (χ2n) is 5.70. The molecule has 0 atom stereocenters. The number of carbonyl (C=O) groups excluding carboxylic acids is 3. The van der Waals surface area contributed by atoms with E-state index in [1.165, 1.54) is 20.8 Å². The molecule has 0 radical (unpaired) electrons. The van der Waals surface area contributed by atoms with Crippen LogP contribution < -0.4 is 0 Å². The molecular formula is C17H24O9. The highest BCUT2D eigenvalue weighted by Gasteiger charge is 2.60. The lowest BCUT2D eigenvalue weighted by atomic mass is 10.1. The van der Waals surface area contributed by atoms with E-state index in [4.69, 9.17) is 14.6 Å². The first-order valence-corrected chi connectivity index (χ1v) is 7.51. The van der Waals surface area contributed by atoms with Crippen molar-refractivity contribution in [2.24, 2.45) is 0 Å². The molecule has 0 saturated heterocycles. The van der Waals surface area contributed by atoms with Crippen molar-refractivity contribution in [3.8, 4) is 0 Å². The van der Waals surface area contributed by atoms with Crippen molar-refractivity contribution in [1.82, 2.24) is 0 Å². The van der Waals surface area contributed by atoms with Gasteiger partial charge in [-0.05, 0) is 27.2 Å². The summed E-state index contributed by atoms with van der Waals surface area (Å²) in [6.07, 6.45) is -0.821. The van der Waals surface area contributed by atoms with Crippen molar-refractivity contribution in [3.63, 3.8) is 0 Å². The van der Waals surface area contributed by atoms with Crippen molar-refractivity contribution in [2.45, 2.75) is 45.4 Å². The number of aliphatic hydroxyl groups is 3. The summed E-state index contributed by atoms with van der Waals surface area (Å²) < 4.78 is 14.4. The molecule has 3 N–H and O–H groups in total.